The van der Waals surface area contributed by atoms with Crippen molar-refractivity contribution in [1.82, 2.24) is 0 Å². The third kappa shape index (κ3) is 2.95. The van der Waals surface area contributed by atoms with E-state index < -0.39 is 17.1 Å². The van der Waals surface area contributed by atoms with Crippen LogP contribution in [0.15, 0.2) is 0 Å². The number of nitriles is 4. The molecule has 0 aromatic heterocycles. The first kappa shape index (κ1) is 13.0. The zero-order chi connectivity index (χ0) is 7.33. The van der Waals surface area contributed by atoms with E-state index in [-0.39, 0.29) is 51.4 Å². The fourth-order valence-corrected chi connectivity index (χ4v) is 0.740. The first-order valence-corrected chi connectivity index (χ1v) is 5.83. The Morgan fingerprint density at radius 1 is 0.700 bits per heavy atom. The quantitative estimate of drug-likeness (QED) is 0.441. The minimum atomic E-state index is -3.81. The largest absolute Gasteiger partial charge is 1.00 e. The molecule has 0 aliphatic rings. The molecular weight excluding hydrogens is 340 g/mol. The van der Waals surface area contributed by atoms with E-state index >= 15 is 0 Å². The van der Waals surface area contributed by atoms with Crippen LogP contribution in [0.3, 0.4) is 0 Å². The van der Waals surface area contributed by atoms with Crippen molar-refractivity contribution in [1.29, 1.82) is 21.0 Å². The molecule has 0 rings (SSSR count). The van der Waals surface area contributed by atoms with Crippen LogP contribution in [0, 0.1) is 38.2 Å². The number of hydrogen-bond acceptors (Lipinski definition) is 4. The predicted molar refractivity (Wildman–Crippen MR) is 22.5 cm³/mol. The van der Waals surface area contributed by atoms with Crippen molar-refractivity contribution in [3.63, 3.8) is 0 Å². The minimum absolute atomic E-state index is 0. The summed E-state index contributed by atoms with van der Waals surface area (Å²) in [5.74, 6) is 0. The molecule has 0 atom stereocenters. The van der Waals surface area contributed by atoms with Crippen LogP contribution in [0.5, 0.6) is 0 Å². The van der Waals surface area contributed by atoms with E-state index in [1.165, 1.54) is 17.1 Å². The van der Waals surface area contributed by atoms with E-state index in [1.54, 1.807) is 0 Å². The van der Waals surface area contributed by atoms with Crippen molar-refractivity contribution in [3.05, 3.63) is 0 Å². The molecule has 0 N–H and O–H groups in total. The monoisotopic (exact) mass is 340 g/mol. The van der Waals surface area contributed by atoms with Crippen molar-refractivity contribution in [2.45, 2.75) is 0 Å². The van der Waals surface area contributed by atoms with Gasteiger partial charge >= 0.3 is 107 Å². The van der Waals surface area contributed by atoms with Crippen LogP contribution >= 0.6 is 0 Å². The van der Waals surface area contributed by atoms with Gasteiger partial charge in [0.15, 0.2) is 0 Å². The molecule has 0 heterocycles. The molecule has 48 valence electrons. The molecule has 0 aliphatic heterocycles. The second-order valence-corrected chi connectivity index (χ2v) is 5.91. The summed E-state index contributed by atoms with van der Waals surface area (Å²) in [6.07, 6.45) is 0. The normalized spacial score (nSPS) is 8.40. The molecular formula is C4AuKN4. The first-order chi connectivity index (χ1) is 4.24. The average molecular weight is 340 g/mol. The topological polar surface area (TPSA) is 95.2 Å². The summed E-state index contributed by atoms with van der Waals surface area (Å²) < 4.78 is 5.82. The van der Waals surface area contributed by atoms with Gasteiger partial charge < -0.3 is 0 Å². The van der Waals surface area contributed by atoms with Gasteiger partial charge in [0.05, 0.1) is 0 Å². The van der Waals surface area contributed by atoms with Crippen molar-refractivity contribution in [2.24, 2.45) is 0 Å². The van der Waals surface area contributed by atoms with Crippen LogP contribution in [-0.2, 0) is 17.1 Å². The SMILES string of the molecule is N#[C][Au-]([C]#N)([C]#N)[C]#N.[K+]. The molecule has 4 nitrogen and oxygen atoms in total. The van der Waals surface area contributed by atoms with Crippen LogP contribution in [0.4, 0.5) is 0 Å². The Bertz CT molecular complexity index is 210. The van der Waals surface area contributed by atoms with E-state index in [9.17, 15) is 0 Å². The molecule has 0 aliphatic carbocycles. The fraction of sp³-hybridized carbons (Fsp3) is 0. The molecule has 0 bridgehead atoms. The first-order valence-electron chi connectivity index (χ1n) is 1.50. The third-order valence-electron chi connectivity index (χ3n) is 0.405. The van der Waals surface area contributed by atoms with Gasteiger partial charge in [0.2, 0.25) is 0 Å². The Hall–Kier alpha value is 0.337. The van der Waals surface area contributed by atoms with Crippen LogP contribution in [0.2, 0.25) is 0 Å². The maximum absolute atomic E-state index is 8.14. The van der Waals surface area contributed by atoms with Gasteiger partial charge in [0.25, 0.3) is 0 Å². The number of nitrogens with zero attached hydrogens (tertiary/aromatic N) is 4. The zero-order valence-electron chi connectivity index (χ0n) is 5.09. The summed E-state index contributed by atoms with van der Waals surface area (Å²) in [6, 6.07) is 0. The molecule has 0 amide bonds. The van der Waals surface area contributed by atoms with Gasteiger partial charge in [-0.05, 0) is 0 Å². The van der Waals surface area contributed by atoms with Crippen molar-refractivity contribution < 1.29 is 68.5 Å². The molecule has 0 saturated carbocycles. The third-order valence-corrected chi connectivity index (χ3v) is 3.31. The van der Waals surface area contributed by atoms with Gasteiger partial charge in [-0.2, -0.15) is 0 Å². The maximum Gasteiger partial charge on any atom is 1.00 e. The second kappa shape index (κ2) is 6.07. The van der Waals surface area contributed by atoms with E-state index in [4.69, 9.17) is 21.0 Å². The van der Waals surface area contributed by atoms with Gasteiger partial charge in [0, 0.05) is 0 Å². The summed E-state index contributed by atoms with van der Waals surface area (Å²) in [7, 11) is 0. The molecule has 0 saturated heterocycles. The average Bonchev–Trinajstić information content (AvgIpc) is 1.95. The predicted octanol–water partition coefficient (Wildman–Crippen LogP) is -2.93. The van der Waals surface area contributed by atoms with Gasteiger partial charge in [-0.15, -0.1) is 0 Å². The maximum atomic E-state index is 8.14. The van der Waals surface area contributed by atoms with Crippen LogP contribution < -0.4 is 51.4 Å². The molecule has 6 heteroatoms. The standard InChI is InChI=1S/4CN.Au.K/c4*1-2;;/q;;;;-1;+1. The van der Waals surface area contributed by atoms with Gasteiger partial charge in [-0.25, -0.2) is 0 Å². The molecule has 0 radical (unpaired) electrons. The smallest absolute Gasteiger partial charge is 1.00 e. The molecule has 10 heavy (non-hydrogen) atoms. The summed E-state index contributed by atoms with van der Waals surface area (Å²) in [6.45, 7) is 0. The second-order valence-electron chi connectivity index (χ2n) is 0.722. The zero-order valence-corrected chi connectivity index (χ0v) is 10.4. The minimum Gasteiger partial charge on any atom is 1.00 e. The Kier molecular flexibility index (Phi) is 7.87. The summed E-state index contributed by atoms with van der Waals surface area (Å²) in [5.41, 5.74) is 0. The van der Waals surface area contributed by atoms with E-state index in [0.29, 0.717) is 0 Å². The summed E-state index contributed by atoms with van der Waals surface area (Å²) >= 11 is -3.81. The van der Waals surface area contributed by atoms with Crippen LogP contribution in [-0.4, -0.2) is 0 Å². The van der Waals surface area contributed by atoms with Crippen molar-refractivity contribution >= 4 is 0 Å². The van der Waals surface area contributed by atoms with E-state index in [0.717, 1.165) is 0 Å². The van der Waals surface area contributed by atoms with Gasteiger partial charge in [-0.3, -0.25) is 0 Å². The Morgan fingerprint density at radius 3 is 0.900 bits per heavy atom. The van der Waals surface area contributed by atoms with Gasteiger partial charge in [-0.1, -0.05) is 0 Å². The van der Waals surface area contributed by atoms with Crippen molar-refractivity contribution in [2.75, 3.05) is 0 Å². The number of rotatable bonds is 0. The van der Waals surface area contributed by atoms with Gasteiger partial charge in [0.1, 0.15) is 0 Å². The van der Waals surface area contributed by atoms with E-state index in [1.807, 2.05) is 0 Å². The summed E-state index contributed by atoms with van der Waals surface area (Å²) in [4.78, 5) is 0. The van der Waals surface area contributed by atoms with Crippen LogP contribution in [0.1, 0.15) is 0 Å². The molecule has 0 aromatic rings. The molecule has 0 fully saturated rings. The van der Waals surface area contributed by atoms with E-state index in [2.05, 4.69) is 0 Å². The number of hydrogen-bond donors (Lipinski definition) is 0. The Labute approximate surface area is 105 Å². The summed E-state index contributed by atoms with van der Waals surface area (Å²) in [5, 5.41) is 32.5. The fourth-order valence-electron chi connectivity index (χ4n) is 0.0905. The Balaban J connectivity index is 0. The molecule has 0 unspecified atom stereocenters. The van der Waals surface area contributed by atoms with Crippen LogP contribution in [0.25, 0.3) is 0 Å². The Morgan fingerprint density at radius 2 is 0.900 bits per heavy atom. The molecule has 0 aromatic carbocycles. The molecule has 0 spiro atoms. The van der Waals surface area contributed by atoms with Crippen molar-refractivity contribution in [3.8, 4) is 17.1 Å².